The van der Waals surface area contributed by atoms with E-state index in [4.69, 9.17) is 0 Å². The van der Waals surface area contributed by atoms with Crippen LogP contribution in [-0.2, 0) is 0 Å². The number of nitrogens with one attached hydrogen (secondary N) is 1. The number of amides is 1. The first-order valence-corrected chi connectivity index (χ1v) is 4.63. The first-order valence-electron chi connectivity index (χ1n) is 4.63. The fraction of sp³-hybridized carbons (Fsp3) is 0.0909. The van der Waals surface area contributed by atoms with Crippen LogP contribution in [0.2, 0.25) is 0 Å². The lowest BCUT2D eigenvalue weighted by molar-refractivity contribution is 0.0962. The molecule has 0 unspecified atom stereocenters. The lowest BCUT2D eigenvalue weighted by Crippen LogP contribution is -2.23. The number of hydrogen-bond donors (Lipinski definition) is 1. The third-order valence-corrected chi connectivity index (χ3v) is 1.92. The van der Waals surface area contributed by atoms with Gasteiger partial charge in [0.2, 0.25) is 0 Å². The molecule has 0 aromatic carbocycles. The number of carbonyl (C=O) groups is 1. The molecule has 1 aromatic heterocycles. The molecule has 0 fully saturated rings. The Morgan fingerprint density at radius 2 is 2.33 bits per heavy atom. The summed E-state index contributed by atoms with van der Waals surface area (Å²) >= 11 is 0. The molecule has 1 aliphatic rings. The van der Waals surface area contributed by atoms with Crippen LogP contribution >= 0.6 is 0 Å². The Balaban J connectivity index is 2.04. The molecule has 0 saturated heterocycles. The van der Waals surface area contributed by atoms with E-state index in [-0.39, 0.29) is 5.91 Å². The molecule has 0 saturated carbocycles. The van der Waals surface area contributed by atoms with Crippen molar-refractivity contribution in [1.29, 1.82) is 0 Å². The van der Waals surface area contributed by atoms with Crippen LogP contribution in [0.25, 0.3) is 0 Å². The van der Waals surface area contributed by atoms with Crippen LogP contribution in [0.15, 0.2) is 42.5 Å². The fourth-order valence-corrected chi connectivity index (χ4v) is 1.22. The average molecular weight is 200 g/mol. The SMILES string of the molecule is O=C(NC1=C[CH]CC=C1)c1cnccn1. The highest BCUT2D eigenvalue weighted by Gasteiger charge is 2.08. The Bertz CT molecular complexity index is 409. The van der Waals surface area contributed by atoms with Gasteiger partial charge in [-0.2, -0.15) is 0 Å². The molecule has 1 radical (unpaired) electrons. The predicted molar refractivity (Wildman–Crippen MR) is 55.6 cm³/mol. The van der Waals surface area contributed by atoms with E-state index in [0.29, 0.717) is 5.69 Å². The lowest BCUT2D eigenvalue weighted by Gasteiger charge is -2.07. The largest absolute Gasteiger partial charge is 0.321 e. The quantitative estimate of drug-likeness (QED) is 0.781. The second-order valence-corrected chi connectivity index (χ2v) is 3.04. The molecule has 0 bridgehead atoms. The minimum Gasteiger partial charge on any atom is -0.321 e. The minimum absolute atomic E-state index is 0.241. The van der Waals surface area contributed by atoms with Crippen molar-refractivity contribution in [2.45, 2.75) is 6.42 Å². The van der Waals surface area contributed by atoms with Crippen LogP contribution in [0.5, 0.6) is 0 Å². The van der Waals surface area contributed by atoms with E-state index in [9.17, 15) is 4.79 Å². The van der Waals surface area contributed by atoms with E-state index in [1.54, 1.807) is 0 Å². The number of carbonyl (C=O) groups excluding carboxylic acids is 1. The van der Waals surface area contributed by atoms with Crippen LogP contribution in [0, 0.1) is 6.42 Å². The van der Waals surface area contributed by atoms with Gasteiger partial charge >= 0.3 is 0 Å². The maximum atomic E-state index is 11.6. The van der Waals surface area contributed by atoms with Gasteiger partial charge in [0, 0.05) is 18.1 Å². The Morgan fingerprint density at radius 1 is 1.40 bits per heavy atom. The van der Waals surface area contributed by atoms with Crippen LogP contribution in [-0.4, -0.2) is 15.9 Å². The molecule has 0 atom stereocenters. The molecule has 0 aliphatic heterocycles. The molecule has 4 nitrogen and oxygen atoms in total. The third-order valence-electron chi connectivity index (χ3n) is 1.92. The summed E-state index contributed by atoms with van der Waals surface area (Å²) in [6.45, 7) is 0. The van der Waals surface area contributed by atoms with Gasteiger partial charge in [0.15, 0.2) is 0 Å². The van der Waals surface area contributed by atoms with Gasteiger partial charge in [0.1, 0.15) is 5.69 Å². The van der Waals surface area contributed by atoms with Crippen molar-refractivity contribution in [2.75, 3.05) is 0 Å². The maximum absolute atomic E-state index is 11.6. The summed E-state index contributed by atoms with van der Waals surface area (Å²) in [6.07, 6.45) is 13.1. The van der Waals surface area contributed by atoms with Gasteiger partial charge in [-0.3, -0.25) is 9.78 Å². The normalized spacial score (nSPS) is 14.5. The second-order valence-electron chi connectivity index (χ2n) is 3.04. The van der Waals surface area contributed by atoms with E-state index in [2.05, 4.69) is 15.3 Å². The number of hydrogen-bond acceptors (Lipinski definition) is 3. The van der Waals surface area contributed by atoms with E-state index >= 15 is 0 Å². The highest BCUT2D eigenvalue weighted by Crippen LogP contribution is 2.06. The Hall–Kier alpha value is -1.97. The van der Waals surface area contributed by atoms with Crippen molar-refractivity contribution < 1.29 is 4.79 Å². The first-order chi connectivity index (χ1) is 7.36. The standard InChI is InChI=1S/C11H10N3O/c15-11(10-8-12-6-7-13-10)14-9-4-2-1-3-5-9/h2-8H,1H2,(H,14,15). The third kappa shape index (κ3) is 2.49. The fourth-order valence-electron chi connectivity index (χ4n) is 1.22. The van der Waals surface area contributed by atoms with Crippen LogP contribution < -0.4 is 5.32 Å². The number of rotatable bonds is 2. The van der Waals surface area contributed by atoms with Crippen molar-refractivity contribution in [2.24, 2.45) is 0 Å². The summed E-state index contributed by atoms with van der Waals surface area (Å²) in [5, 5.41) is 2.74. The summed E-state index contributed by atoms with van der Waals surface area (Å²) < 4.78 is 0. The molecule has 1 N–H and O–H groups in total. The maximum Gasteiger partial charge on any atom is 0.275 e. The highest BCUT2D eigenvalue weighted by molar-refractivity contribution is 5.93. The summed E-state index contributed by atoms with van der Waals surface area (Å²) in [5.41, 5.74) is 1.09. The molecule has 1 aromatic rings. The van der Waals surface area contributed by atoms with E-state index in [0.717, 1.165) is 12.1 Å². The van der Waals surface area contributed by atoms with E-state index < -0.39 is 0 Å². The molecule has 4 heteroatoms. The molecule has 1 aliphatic carbocycles. The zero-order chi connectivity index (χ0) is 10.5. The zero-order valence-electron chi connectivity index (χ0n) is 8.05. The molecule has 2 rings (SSSR count). The Labute approximate surface area is 87.8 Å². The molecule has 0 spiro atoms. The molecule has 75 valence electrons. The molecule has 1 amide bonds. The van der Waals surface area contributed by atoms with Crippen molar-refractivity contribution in [3.63, 3.8) is 0 Å². The number of nitrogens with zero attached hydrogens (tertiary/aromatic N) is 2. The van der Waals surface area contributed by atoms with Gasteiger partial charge in [0.05, 0.1) is 6.20 Å². The monoisotopic (exact) mass is 200 g/mol. The van der Waals surface area contributed by atoms with Crippen LogP contribution in [0.1, 0.15) is 16.9 Å². The predicted octanol–water partition coefficient (Wildman–Crippen LogP) is 1.25. The van der Waals surface area contributed by atoms with Gasteiger partial charge in [-0.25, -0.2) is 4.98 Å². The molecular weight excluding hydrogens is 190 g/mol. The summed E-state index contributed by atoms with van der Waals surface area (Å²) in [5.74, 6) is -0.241. The smallest absolute Gasteiger partial charge is 0.275 e. The van der Waals surface area contributed by atoms with Crippen LogP contribution in [0.4, 0.5) is 0 Å². The van der Waals surface area contributed by atoms with E-state index in [1.165, 1.54) is 18.6 Å². The summed E-state index contributed by atoms with van der Waals surface area (Å²) in [7, 11) is 0. The number of aromatic nitrogens is 2. The minimum atomic E-state index is -0.241. The second kappa shape index (κ2) is 4.50. The average Bonchev–Trinajstić information content (AvgIpc) is 2.31. The highest BCUT2D eigenvalue weighted by atomic mass is 16.1. The summed E-state index contributed by atoms with van der Waals surface area (Å²) in [6, 6.07) is 0. The van der Waals surface area contributed by atoms with Crippen molar-refractivity contribution in [3.8, 4) is 0 Å². The first kappa shape index (κ1) is 9.58. The topological polar surface area (TPSA) is 54.9 Å². The lowest BCUT2D eigenvalue weighted by atomic mass is 10.1. The van der Waals surface area contributed by atoms with E-state index in [1.807, 2.05) is 24.6 Å². The molecular formula is C11H10N3O. The van der Waals surface area contributed by atoms with Crippen molar-refractivity contribution >= 4 is 5.91 Å². The van der Waals surface area contributed by atoms with Crippen molar-refractivity contribution in [1.82, 2.24) is 15.3 Å². The molecule has 15 heavy (non-hydrogen) atoms. The van der Waals surface area contributed by atoms with Gasteiger partial charge in [-0.05, 0) is 18.9 Å². The summed E-state index contributed by atoms with van der Waals surface area (Å²) in [4.78, 5) is 19.3. The van der Waals surface area contributed by atoms with Gasteiger partial charge < -0.3 is 5.32 Å². The van der Waals surface area contributed by atoms with Gasteiger partial charge in [-0.1, -0.05) is 12.2 Å². The molecule has 1 heterocycles. The number of allylic oxidation sites excluding steroid dienone is 3. The van der Waals surface area contributed by atoms with Gasteiger partial charge in [-0.15, -0.1) is 0 Å². The van der Waals surface area contributed by atoms with Crippen molar-refractivity contribution in [3.05, 3.63) is 54.6 Å². The Morgan fingerprint density at radius 3 is 3.00 bits per heavy atom. The zero-order valence-corrected chi connectivity index (χ0v) is 8.05. The van der Waals surface area contributed by atoms with Gasteiger partial charge in [0.25, 0.3) is 5.91 Å². The van der Waals surface area contributed by atoms with Crippen LogP contribution in [0.3, 0.4) is 0 Å². The Kier molecular flexibility index (Phi) is 2.88.